The maximum absolute atomic E-state index is 6.58. The van der Waals surface area contributed by atoms with Crippen LogP contribution in [0.3, 0.4) is 0 Å². The van der Waals surface area contributed by atoms with Crippen molar-refractivity contribution in [3.63, 3.8) is 0 Å². The van der Waals surface area contributed by atoms with Gasteiger partial charge in [-0.1, -0.05) is 196 Å². The average molecular weight is 820 g/mol. The fourth-order valence-corrected chi connectivity index (χ4v) is 9.62. The monoisotopic (exact) mass is 819 g/mol. The summed E-state index contributed by atoms with van der Waals surface area (Å²) in [6.45, 7) is 4.61. The van der Waals surface area contributed by atoms with Crippen molar-refractivity contribution in [3.05, 3.63) is 223 Å². The molecule has 0 spiro atoms. The van der Waals surface area contributed by atoms with Crippen molar-refractivity contribution >= 4 is 21.9 Å². The number of nitrogens with zero attached hydrogens (tertiary/aromatic N) is 3. The fourth-order valence-electron chi connectivity index (χ4n) is 9.62. The number of aromatic nitrogens is 3. The van der Waals surface area contributed by atoms with Crippen molar-refractivity contribution in [1.29, 1.82) is 0 Å². The van der Waals surface area contributed by atoms with Crippen molar-refractivity contribution in [2.45, 2.75) is 19.3 Å². The molecule has 2 heterocycles. The first-order valence-electron chi connectivity index (χ1n) is 21.8. The van der Waals surface area contributed by atoms with Gasteiger partial charge in [-0.25, -0.2) is 15.0 Å². The molecule has 9 aromatic carbocycles. The normalized spacial score (nSPS) is 12.7. The zero-order valence-corrected chi connectivity index (χ0v) is 35.5. The van der Waals surface area contributed by atoms with Gasteiger partial charge in [0.05, 0.1) is 0 Å². The van der Waals surface area contributed by atoms with Gasteiger partial charge >= 0.3 is 0 Å². The Morgan fingerprint density at radius 2 is 0.781 bits per heavy atom. The molecule has 11 aromatic rings. The van der Waals surface area contributed by atoms with Gasteiger partial charge in [0.1, 0.15) is 11.2 Å². The Balaban J connectivity index is 0.935. The zero-order valence-electron chi connectivity index (χ0n) is 35.5. The van der Waals surface area contributed by atoms with Crippen LogP contribution < -0.4 is 0 Å². The van der Waals surface area contributed by atoms with Gasteiger partial charge in [0.15, 0.2) is 17.5 Å². The van der Waals surface area contributed by atoms with Crippen LogP contribution in [0.5, 0.6) is 0 Å². The predicted octanol–water partition coefficient (Wildman–Crippen LogP) is 15.7. The van der Waals surface area contributed by atoms with Crippen molar-refractivity contribution in [3.8, 4) is 89.8 Å². The molecule has 0 aliphatic heterocycles. The first-order valence-corrected chi connectivity index (χ1v) is 21.8. The minimum absolute atomic E-state index is 0.0937. The van der Waals surface area contributed by atoms with Gasteiger partial charge in [-0.2, -0.15) is 0 Å². The topological polar surface area (TPSA) is 51.8 Å². The number of rotatable bonds is 7. The first-order chi connectivity index (χ1) is 31.4. The van der Waals surface area contributed by atoms with E-state index in [-0.39, 0.29) is 5.41 Å². The van der Waals surface area contributed by atoms with Gasteiger partial charge in [0.25, 0.3) is 0 Å². The molecule has 0 atom stereocenters. The van der Waals surface area contributed by atoms with E-state index < -0.39 is 0 Å². The number of benzene rings is 9. The quantitative estimate of drug-likeness (QED) is 0.161. The van der Waals surface area contributed by atoms with Crippen LogP contribution in [0.4, 0.5) is 0 Å². The summed E-state index contributed by atoms with van der Waals surface area (Å²) < 4.78 is 6.58. The number of hydrogen-bond acceptors (Lipinski definition) is 4. The molecule has 12 rings (SSSR count). The molecule has 0 unspecified atom stereocenters. The lowest BCUT2D eigenvalue weighted by Crippen LogP contribution is -2.14. The lowest BCUT2D eigenvalue weighted by Gasteiger charge is -2.21. The maximum Gasteiger partial charge on any atom is 0.164 e. The second kappa shape index (κ2) is 15.0. The summed E-state index contributed by atoms with van der Waals surface area (Å²) in [5.74, 6) is 1.88. The molecular formula is C60H41N3O. The number of hydrogen-bond donors (Lipinski definition) is 0. The van der Waals surface area contributed by atoms with E-state index in [1.807, 2.05) is 12.1 Å². The molecule has 1 aliphatic carbocycles. The molecule has 0 N–H and O–H groups in total. The summed E-state index contributed by atoms with van der Waals surface area (Å²) >= 11 is 0. The molecule has 4 heteroatoms. The summed E-state index contributed by atoms with van der Waals surface area (Å²) in [7, 11) is 0. The lowest BCUT2D eigenvalue weighted by molar-refractivity contribution is 0.660. The Hall–Kier alpha value is -8.21. The Labute approximate surface area is 372 Å². The molecule has 2 aromatic heterocycles. The van der Waals surface area contributed by atoms with Gasteiger partial charge < -0.3 is 4.42 Å². The van der Waals surface area contributed by atoms with Crippen molar-refractivity contribution in [1.82, 2.24) is 15.0 Å². The Kier molecular flexibility index (Phi) is 8.80. The third-order valence-electron chi connectivity index (χ3n) is 13.0. The van der Waals surface area contributed by atoms with Gasteiger partial charge in [-0.3, -0.25) is 0 Å². The largest absolute Gasteiger partial charge is 0.456 e. The molecule has 0 radical (unpaired) electrons. The van der Waals surface area contributed by atoms with Crippen LogP contribution in [0.2, 0.25) is 0 Å². The fraction of sp³-hybridized carbons (Fsp3) is 0.0500. The molecule has 0 fully saturated rings. The van der Waals surface area contributed by atoms with Crippen LogP contribution in [-0.2, 0) is 5.41 Å². The molecule has 64 heavy (non-hydrogen) atoms. The minimum atomic E-state index is -0.0937. The lowest BCUT2D eigenvalue weighted by atomic mass is 9.82. The average Bonchev–Trinajstić information content (AvgIpc) is 3.85. The molecule has 0 saturated carbocycles. The summed E-state index contributed by atoms with van der Waals surface area (Å²) in [6.07, 6.45) is 0. The van der Waals surface area contributed by atoms with E-state index >= 15 is 0 Å². The van der Waals surface area contributed by atoms with Crippen LogP contribution in [0, 0.1) is 0 Å². The second-order valence-corrected chi connectivity index (χ2v) is 17.2. The minimum Gasteiger partial charge on any atom is -0.456 e. The van der Waals surface area contributed by atoms with Crippen molar-refractivity contribution < 1.29 is 4.42 Å². The van der Waals surface area contributed by atoms with Crippen molar-refractivity contribution in [2.75, 3.05) is 0 Å². The molecule has 0 saturated heterocycles. The summed E-state index contributed by atoms with van der Waals surface area (Å²) in [5.41, 5.74) is 18.6. The van der Waals surface area contributed by atoms with Crippen LogP contribution >= 0.6 is 0 Å². The molecule has 1 aliphatic rings. The van der Waals surface area contributed by atoms with Gasteiger partial charge in [0, 0.05) is 32.9 Å². The number of fused-ring (bicyclic) bond motifs is 6. The maximum atomic E-state index is 6.58. The van der Waals surface area contributed by atoms with E-state index in [4.69, 9.17) is 19.4 Å². The Morgan fingerprint density at radius 3 is 1.48 bits per heavy atom. The molecule has 302 valence electrons. The SMILES string of the molecule is CC1(C)c2ccccc2-c2cc(-c3nc(-c4ccc(-c5ccccc5)cc4)nc(-c4cccc(-c5ccc6c(c5)oc5cccc(-c7ccc(-c8ccccc8)cc7)c56)c4)n3)ccc21. The molecule has 4 nitrogen and oxygen atoms in total. The van der Waals surface area contributed by atoms with E-state index in [0.29, 0.717) is 17.5 Å². The Bertz CT molecular complexity index is 3550. The molecule has 0 amide bonds. The highest BCUT2D eigenvalue weighted by Crippen LogP contribution is 2.49. The van der Waals surface area contributed by atoms with Crippen LogP contribution in [0.1, 0.15) is 25.0 Å². The summed E-state index contributed by atoms with van der Waals surface area (Å²) in [6, 6.07) is 75.0. The first kappa shape index (κ1) is 37.5. The van der Waals surface area contributed by atoms with Crippen LogP contribution in [0.15, 0.2) is 217 Å². The van der Waals surface area contributed by atoms with Crippen molar-refractivity contribution in [2.24, 2.45) is 0 Å². The summed E-state index contributed by atoms with van der Waals surface area (Å²) in [4.78, 5) is 15.6. The van der Waals surface area contributed by atoms with Crippen LogP contribution in [-0.4, -0.2) is 15.0 Å². The van der Waals surface area contributed by atoms with E-state index in [0.717, 1.165) is 66.4 Å². The van der Waals surface area contributed by atoms with E-state index in [1.165, 1.54) is 38.9 Å². The number of furan rings is 1. The van der Waals surface area contributed by atoms with Gasteiger partial charge in [-0.05, 0) is 97.1 Å². The highest BCUT2D eigenvalue weighted by Gasteiger charge is 2.35. The zero-order chi connectivity index (χ0) is 42.8. The highest BCUT2D eigenvalue weighted by atomic mass is 16.3. The molecular weight excluding hydrogens is 779 g/mol. The molecule has 0 bridgehead atoms. The van der Waals surface area contributed by atoms with E-state index in [9.17, 15) is 0 Å². The van der Waals surface area contributed by atoms with E-state index in [2.05, 4.69) is 214 Å². The van der Waals surface area contributed by atoms with Crippen LogP contribution in [0.25, 0.3) is 112 Å². The predicted molar refractivity (Wildman–Crippen MR) is 263 cm³/mol. The van der Waals surface area contributed by atoms with Gasteiger partial charge in [0.2, 0.25) is 0 Å². The van der Waals surface area contributed by atoms with E-state index in [1.54, 1.807) is 0 Å². The van der Waals surface area contributed by atoms with Gasteiger partial charge in [-0.15, -0.1) is 0 Å². The summed E-state index contributed by atoms with van der Waals surface area (Å²) in [5, 5.41) is 2.20. The third kappa shape index (κ3) is 6.42. The smallest absolute Gasteiger partial charge is 0.164 e. The third-order valence-corrected chi connectivity index (χ3v) is 13.0. The second-order valence-electron chi connectivity index (χ2n) is 17.2. The highest BCUT2D eigenvalue weighted by molar-refractivity contribution is 6.13. The Morgan fingerprint density at radius 1 is 0.312 bits per heavy atom. The standard InChI is InChI=1S/C60H41N3O/c1-60(2)52-21-10-9-19-49(52)51-36-47(32-34-53(51)60)59-62-57(43-29-25-41(26-30-43)39-15-7-4-8-16-39)61-58(63-59)46-18-11-17-44(35-46)45-31-33-50-55(37-45)64-54-22-12-20-48(56(50)54)42-27-23-40(24-28-42)38-13-5-3-6-14-38/h3-37H,1-2H3.